The smallest absolute Gasteiger partial charge is 0.306 e. The van der Waals surface area contributed by atoms with Gasteiger partial charge < -0.3 is 24.8 Å². The van der Waals surface area contributed by atoms with Gasteiger partial charge in [-0.2, -0.15) is 0 Å². The number of hydrogen-bond acceptors (Lipinski definition) is 10. The molecule has 14 heteroatoms. The Morgan fingerprint density at radius 3 is 2.29 bits per heavy atom. The van der Waals surface area contributed by atoms with Crippen LogP contribution in [0.5, 0.6) is 0 Å². The van der Waals surface area contributed by atoms with E-state index in [1.54, 1.807) is 29.3 Å². The Kier molecular flexibility index (Phi) is 21.2. The maximum absolute atomic E-state index is 14.8. The Morgan fingerprint density at radius 1 is 1.05 bits per heavy atom. The van der Waals surface area contributed by atoms with Crippen molar-refractivity contribution in [2.75, 3.05) is 26.9 Å². The molecule has 326 valence electrons. The molecule has 3 rings (SSSR count). The van der Waals surface area contributed by atoms with Crippen molar-refractivity contribution in [3.8, 4) is 0 Å². The standard InChI is InChI=1S/C43H65FN4O8S.CH4/c1-10-28(6)34(21-38(50)36-13-11-12-18-47(36)9)42(52)48(25-55-23-26(2)3)37(27(4)5)22-39(56-30(8)49)41-46-35(24-57-41)40(51)45-33(19-29(7)43(53)54)20-31-14-16-32(44)17-15-31;/h14-17,24,26-29,33-34,36-37,39H,10-13,18-23,25H2,1-9H3,(H,45,51)(H,53,54);1H4/t28-,29-,33+,34?,36?,37+,39+;/m0./s1. The molecule has 2 heterocycles. The van der Waals surface area contributed by atoms with E-state index in [1.165, 1.54) is 19.1 Å². The van der Waals surface area contributed by atoms with Gasteiger partial charge >= 0.3 is 11.9 Å². The number of rotatable bonds is 23. The maximum atomic E-state index is 14.8. The van der Waals surface area contributed by atoms with Gasteiger partial charge in [0.25, 0.3) is 5.91 Å². The van der Waals surface area contributed by atoms with Crippen molar-refractivity contribution in [2.45, 2.75) is 138 Å². The van der Waals surface area contributed by atoms with Crippen LogP contribution in [0.1, 0.15) is 135 Å². The first kappa shape index (κ1) is 50.4. The monoisotopic (exact) mass is 832 g/mol. The van der Waals surface area contributed by atoms with E-state index in [-0.39, 0.29) is 81.0 Å². The molecule has 0 bridgehead atoms. The Morgan fingerprint density at radius 2 is 1.72 bits per heavy atom. The molecule has 1 aliphatic rings. The number of carboxylic acid groups (broad SMARTS) is 1. The second kappa shape index (κ2) is 24.4. The molecule has 0 saturated carbocycles. The number of aliphatic carboxylic acids is 1. The highest BCUT2D eigenvalue weighted by atomic mass is 32.1. The number of carbonyl (C=O) groups excluding carboxylic acids is 4. The Hall–Kier alpha value is -3.75. The molecule has 0 radical (unpaired) electrons. The van der Waals surface area contributed by atoms with Crippen LogP contribution in [0, 0.1) is 35.4 Å². The van der Waals surface area contributed by atoms with Crippen LogP contribution in [-0.4, -0.2) is 94.5 Å². The van der Waals surface area contributed by atoms with E-state index in [2.05, 4.69) is 15.2 Å². The zero-order chi connectivity index (χ0) is 42.4. The Balaban J connectivity index is 0.0000116. The molecule has 2 aromatic rings. The molecule has 1 aliphatic heterocycles. The van der Waals surface area contributed by atoms with Gasteiger partial charge in [-0.3, -0.25) is 28.9 Å². The van der Waals surface area contributed by atoms with E-state index in [0.29, 0.717) is 18.0 Å². The van der Waals surface area contributed by atoms with Crippen LogP contribution in [0.4, 0.5) is 4.39 Å². The minimum Gasteiger partial charge on any atom is -0.481 e. The van der Waals surface area contributed by atoms with Gasteiger partial charge in [-0.15, -0.1) is 11.3 Å². The summed E-state index contributed by atoms with van der Waals surface area (Å²) in [6.07, 6.45) is 3.29. The van der Waals surface area contributed by atoms with Crippen LogP contribution in [-0.2, 0) is 35.1 Å². The summed E-state index contributed by atoms with van der Waals surface area (Å²) in [4.78, 5) is 74.9. The van der Waals surface area contributed by atoms with E-state index in [4.69, 9.17) is 9.47 Å². The fourth-order valence-corrected chi connectivity index (χ4v) is 8.22. The summed E-state index contributed by atoms with van der Waals surface area (Å²) in [5.74, 6) is -3.93. The second-order valence-electron chi connectivity index (χ2n) is 16.5. The van der Waals surface area contributed by atoms with Crippen molar-refractivity contribution >= 4 is 40.9 Å². The van der Waals surface area contributed by atoms with Gasteiger partial charge in [0, 0.05) is 43.1 Å². The summed E-state index contributed by atoms with van der Waals surface area (Å²) >= 11 is 1.15. The molecule has 0 spiro atoms. The van der Waals surface area contributed by atoms with Gasteiger partial charge in [0.05, 0.1) is 18.6 Å². The molecule has 2 amide bonds. The average Bonchev–Trinajstić information content (AvgIpc) is 3.65. The third-order valence-electron chi connectivity index (χ3n) is 10.9. The van der Waals surface area contributed by atoms with Crippen molar-refractivity contribution in [1.29, 1.82) is 0 Å². The van der Waals surface area contributed by atoms with Gasteiger partial charge in [-0.25, -0.2) is 9.37 Å². The quantitative estimate of drug-likeness (QED) is 0.0833. The fraction of sp³-hybridized carbons (Fsp3) is 0.682. The zero-order valence-corrected chi connectivity index (χ0v) is 36.1. The molecule has 58 heavy (non-hydrogen) atoms. The lowest BCUT2D eigenvalue weighted by atomic mass is 9.82. The first-order chi connectivity index (χ1) is 26.9. The number of amides is 2. The number of likely N-dealkylation sites (tertiary alicyclic amines) is 1. The largest absolute Gasteiger partial charge is 0.481 e. The number of nitrogens with one attached hydrogen (secondary N) is 1. The highest BCUT2D eigenvalue weighted by Gasteiger charge is 2.39. The Labute approximate surface area is 349 Å². The number of carbonyl (C=O) groups is 5. The number of nitrogens with zero attached hydrogens (tertiary/aromatic N) is 3. The van der Waals surface area contributed by atoms with Crippen LogP contribution >= 0.6 is 11.3 Å². The molecule has 2 unspecified atom stereocenters. The van der Waals surface area contributed by atoms with Crippen LogP contribution in [0.15, 0.2) is 29.6 Å². The predicted molar refractivity (Wildman–Crippen MR) is 225 cm³/mol. The number of carboxylic acids is 1. The molecule has 1 saturated heterocycles. The number of Topliss-reactive ketones (excluding diaryl/α,β-unsaturated/α-hetero) is 1. The molecule has 1 fully saturated rings. The Bertz CT molecular complexity index is 1620. The fourth-order valence-electron chi connectivity index (χ4n) is 7.38. The first-order valence-corrected chi connectivity index (χ1v) is 21.3. The van der Waals surface area contributed by atoms with E-state index < -0.39 is 53.7 Å². The maximum Gasteiger partial charge on any atom is 0.306 e. The van der Waals surface area contributed by atoms with E-state index in [0.717, 1.165) is 42.7 Å². The van der Waals surface area contributed by atoms with Gasteiger partial charge in [-0.1, -0.05) is 80.9 Å². The van der Waals surface area contributed by atoms with E-state index >= 15 is 0 Å². The summed E-state index contributed by atoms with van der Waals surface area (Å²) in [7, 11) is 1.97. The number of ether oxygens (including phenoxy) is 2. The van der Waals surface area contributed by atoms with Gasteiger partial charge in [0.15, 0.2) is 11.9 Å². The predicted octanol–water partition coefficient (Wildman–Crippen LogP) is 7.95. The number of likely N-dealkylation sites (N-methyl/N-ethyl adjacent to an activating group) is 1. The summed E-state index contributed by atoms with van der Waals surface area (Å²) < 4.78 is 25.6. The van der Waals surface area contributed by atoms with Gasteiger partial charge in [-0.05, 0) is 74.7 Å². The third kappa shape index (κ3) is 15.4. The number of ketones is 1. The van der Waals surface area contributed by atoms with Gasteiger partial charge in [0.2, 0.25) is 5.91 Å². The molecule has 7 atom stereocenters. The topological polar surface area (TPSA) is 155 Å². The number of hydrogen-bond donors (Lipinski definition) is 2. The molecule has 0 aliphatic carbocycles. The minimum absolute atomic E-state index is 0. The summed E-state index contributed by atoms with van der Waals surface area (Å²) in [6, 6.07) is 4.51. The average molecular weight is 833 g/mol. The molecule has 2 N–H and O–H groups in total. The molecule has 12 nitrogen and oxygen atoms in total. The molecule has 1 aromatic carbocycles. The summed E-state index contributed by atoms with van der Waals surface area (Å²) in [6.45, 7) is 16.2. The van der Waals surface area contributed by atoms with Crippen molar-refractivity contribution in [3.05, 3.63) is 51.7 Å². The molecule has 1 aromatic heterocycles. The summed E-state index contributed by atoms with van der Waals surface area (Å²) in [5, 5.41) is 14.4. The van der Waals surface area contributed by atoms with Crippen LogP contribution in [0.3, 0.4) is 0 Å². The number of piperidine rings is 1. The lowest BCUT2D eigenvalue weighted by molar-refractivity contribution is -0.155. The van der Waals surface area contributed by atoms with Crippen LogP contribution in [0.2, 0.25) is 0 Å². The normalized spacial score (nSPS) is 17.7. The van der Waals surface area contributed by atoms with Crippen molar-refractivity contribution in [3.63, 3.8) is 0 Å². The lowest BCUT2D eigenvalue weighted by Gasteiger charge is -2.39. The van der Waals surface area contributed by atoms with Crippen molar-refractivity contribution in [1.82, 2.24) is 20.1 Å². The first-order valence-electron chi connectivity index (χ1n) is 20.4. The minimum atomic E-state index is -1.01. The number of halogens is 1. The van der Waals surface area contributed by atoms with Crippen molar-refractivity contribution in [2.24, 2.45) is 29.6 Å². The SMILES string of the molecule is C.CC[C@H](C)C(CC(=O)C1CCCCN1C)C(=O)N(COCC(C)C)[C@H](C[C@@H](OC(C)=O)c1nc(C(=O)N[C@@H](Cc2ccc(F)cc2)C[C@H](C)C(=O)O)cs1)C(C)C. The lowest BCUT2D eigenvalue weighted by Crippen LogP contribution is -2.50. The molecular formula is C44H69FN4O8S. The highest BCUT2D eigenvalue weighted by molar-refractivity contribution is 7.09. The third-order valence-corrected chi connectivity index (χ3v) is 11.9. The molecular weight excluding hydrogens is 764 g/mol. The number of esters is 1. The van der Waals surface area contributed by atoms with Crippen molar-refractivity contribution < 1.29 is 42.9 Å². The van der Waals surface area contributed by atoms with Gasteiger partial charge in [0.1, 0.15) is 23.2 Å². The number of thiazole rings is 1. The second-order valence-corrected chi connectivity index (χ2v) is 17.4. The number of aromatic nitrogens is 1. The zero-order valence-electron chi connectivity index (χ0n) is 35.3. The van der Waals surface area contributed by atoms with Crippen LogP contribution < -0.4 is 5.32 Å². The van der Waals surface area contributed by atoms with E-state index in [9.17, 15) is 33.5 Å². The summed E-state index contributed by atoms with van der Waals surface area (Å²) in [5.41, 5.74) is 0.794. The van der Waals surface area contributed by atoms with E-state index in [1.807, 2.05) is 48.6 Å². The number of benzene rings is 1. The van der Waals surface area contributed by atoms with Crippen LogP contribution in [0.25, 0.3) is 0 Å². The highest BCUT2D eigenvalue weighted by Crippen LogP contribution is 2.33.